The van der Waals surface area contributed by atoms with Gasteiger partial charge in [0.15, 0.2) is 0 Å². The predicted molar refractivity (Wildman–Crippen MR) is 100 cm³/mol. The van der Waals surface area contributed by atoms with E-state index in [4.69, 9.17) is 0 Å². The lowest BCUT2D eigenvalue weighted by Crippen LogP contribution is -2.24. The molecule has 0 radical (unpaired) electrons. The van der Waals surface area contributed by atoms with Crippen molar-refractivity contribution in [3.05, 3.63) is 59.9 Å². The van der Waals surface area contributed by atoms with E-state index in [1.807, 2.05) is 13.0 Å². The van der Waals surface area contributed by atoms with E-state index in [0.29, 0.717) is 5.41 Å². The quantitative estimate of drug-likeness (QED) is 0.383. The zero-order chi connectivity index (χ0) is 17.3. The van der Waals surface area contributed by atoms with Crippen LogP contribution in [0.4, 0.5) is 4.39 Å². The van der Waals surface area contributed by atoms with Crippen LogP contribution in [-0.4, -0.2) is 12.7 Å². The largest absolute Gasteiger partial charge is 0.385 e. The van der Waals surface area contributed by atoms with Crippen molar-refractivity contribution in [2.24, 2.45) is 5.41 Å². The van der Waals surface area contributed by atoms with Crippen LogP contribution in [0.3, 0.4) is 0 Å². The average molecular weight is 317 g/mol. The van der Waals surface area contributed by atoms with Gasteiger partial charge in [-0.3, -0.25) is 0 Å². The maximum Gasteiger partial charge on any atom is 0.116 e. The molecule has 0 fully saturated rings. The fourth-order valence-electron chi connectivity index (χ4n) is 2.81. The number of rotatable bonds is 10. The Hall–Kier alpha value is -1.57. The van der Waals surface area contributed by atoms with Gasteiger partial charge in [0, 0.05) is 12.2 Å². The maximum absolute atomic E-state index is 12.9. The minimum atomic E-state index is -0.932. The lowest BCUT2D eigenvalue weighted by molar-refractivity contribution is 0.337. The molecule has 0 aromatic heterocycles. The molecule has 0 aliphatic heterocycles. The Balaban J connectivity index is 2.39. The van der Waals surface area contributed by atoms with Gasteiger partial charge >= 0.3 is 0 Å². The molecule has 1 unspecified atom stereocenters. The number of hydrogen-bond acceptors (Lipinski definition) is 1. The van der Waals surface area contributed by atoms with Crippen LogP contribution in [0.2, 0.25) is 0 Å². The summed E-state index contributed by atoms with van der Waals surface area (Å²) in [6.45, 7) is 12.7. The van der Waals surface area contributed by atoms with Crippen molar-refractivity contribution in [2.45, 2.75) is 59.5 Å². The Kier molecular flexibility index (Phi) is 8.08. The van der Waals surface area contributed by atoms with Crippen LogP contribution >= 0.6 is 0 Å². The maximum atomic E-state index is 12.9. The monoisotopic (exact) mass is 317 g/mol. The second-order valence-electron chi connectivity index (χ2n) is 6.87. The van der Waals surface area contributed by atoms with Gasteiger partial charge in [-0.1, -0.05) is 49.8 Å². The van der Waals surface area contributed by atoms with E-state index in [-0.39, 0.29) is 0 Å². The van der Waals surface area contributed by atoms with Gasteiger partial charge in [-0.25, -0.2) is 4.39 Å². The molecule has 2 heteroatoms. The summed E-state index contributed by atoms with van der Waals surface area (Å²) in [4.78, 5) is 0. The third-order valence-corrected chi connectivity index (χ3v) is 3.91. The molecule has 1 rings (SSSR count). The summed E-state index contributed by atoms with van der Waals surface area (Å²) in [6.07, 6.45) is 15.8. The molecule has 0 bridgehead atoms. The highest BCUT2D eigenvalue weighted by Crippen LogP contribution is 2.42. The summed E-state index contributed by atoms with van der Waals surface area (Å²) in [5.74, 6) is 0. The van der Waals surface area contributed by atoms with Gasteiger partial charge in [0.25, 0.3) is 0 Å². The normalized spacial score (nSPS) is 23.0. The smallest absolute Gasteiger partial charge is 0.116 e. The lowest BCUT2D eigenvalue weighted by atomic mass is 9.69. The van der Waals surface area contributed by atoms with E-state index >= 15 is 0 Å². The molecule has 0 saturated carbocycles. The van der Waals surface area contributed by atoms with Gasteiger partial charge < -0.3 is 5.32 Å². The molecule has 2 atom stereocenters. The SMILES string of the molecule is C=C(C)/C=C(\C=C/C(C)F)NCCC[C@]1(C)C=C(/C=C\CC)C1. The molecule has 0 aromatic carbocycles. The molecule has 0 saturated heterocycles. The van der Waals surface area contributed by atoms with Crippen LogP contribution in [0.1, 0.15) is 53.4 Å². The molecular weight excluding hydrogens is 285 g/mol. The zero-order valence-corrected chi connectivity index (χ0v) is 15.2. The predicted octanol–water partition coefficient (Wildman–Crippen LogP) is 6.03. The van der Waals surface area contributed by atoms with Crippen molar-refractivity contribution in [3.8, 4) is 0 Å². The summed E-state index contributed by atoms with van der Waals surface area (Å²) in [6, 6.07) is 0. The molecule has 23 heavy (non-hydrogen) atoms. The van der Waals surface area contributed by atoms with Gasteiger partial charge in [-0.05, 0) is 63.2 Å². The van der Waals surface area contributed by atoms with Gasteiger partial charge in [-0.2, -0.15) is 0 Å². The topological polar surface area (TPSA) is 12.0 Å². The van der Waals surface area contributed by atoms with Crippen molar-refractivity contribution in [1.82, 2.24) is 5.32 Å². The molecule has 1 nitrogen and oxygen atoms in total. The van der Waals surface area contributed by atoms with Gasteiger partial charge in [0.1, 0.15) is 6.17 Å². The first-order valence-corrected chi connectivity index (χ1v) is 8.66. The highest BCUT2D eigenvalue weighted by atomic mass is 19.1. The Morgan fingerprint density at radius 2 is 2.22 bits per heavy atom. The van der Waals surface area contributed by atoms with E-state index in [2.05, 4.69) is 44.0 Å². The Morgan fingerprint density at radius 1 is 1.52 bits per heavy atom. The van der Waals surface area contributed by atoms with E-state index in [9.17, 15) is 4.39 Å². The standard InChI is InChI=1S/C21H32FN/c1-6-7-9-19-15-21(5,16-19)12-8-13-23-20(14-17(2)3)11-10-18(4)22/h7,9-11,14-15,18,23H,2,6,8,12-13,16H2,1,3-5H3/b9-7-,11-10-,20-14+/t18?,21-/m1/s1. The molecular formula is C21H32FN. The number of alkyl halides is 1. The van der Waals surface area contributed by atoms with Crippen LogP contribution in [0.5, 0.6) is 0 Å². The van der Waals surface area contributed by atoms with Crippen LogP contribution < -0.4 is 5.32 Å². The molecule has 1 N–H and O–H groups in total. The number of hydrogen-bond donors (Lipinski definition) is 1. The first-order valence-electron chi connectivity index (χ1n) is 8.66. The fraction of sp³-hybridized carbons (Fsp3) is 0.524. The van der Waals surface area contributed by atoms with E-state index in [1.165, 1.54) is 25.3 Å². The van der Waals surface area contributed by atoms with Gasteiger partial charge in [-0.15, -0.1) is 0 Å². The van der Waals surface area contributed by atoms with Crippen molar-refractivity contribution >= 4 is 0 Å². The van der Waals surface area contributed by atoms with Crippen molar-refractivity contribution in [2.75, 3.05) is 6.54 Å². The minimum absolute atomic E-state index is 0.344. The highest BCUT2D eigenvalue weighted by Gasteiger charge is 2.29. The van der Waals surface area contributed by atoms with Crippen molar-refractivity contribution < 1.29 is 4.39 Å². The third kappa shape index (κ3) is 8.01. The van der Waals surface area contributed by atoms with Gasteiger partial charge in [0.2, 0.25) is 0 Å². The van der Waals surface area contributed by atoms with Crippen molar-refractivity contribution in [3.63, 3.8) is 0 Å². The molecule has 0 heterocycles. The average Bonchev–Trinajstić information content (AvgIpc) is 2.43. The molecule has 128 valence electrons. The van der Waals surface area contributed by atoms with Crippen LogP contribution in [0.25, 0.3) is 0 Å². The van der Waals surface area contributed by atoms with Crippen LogP contribution in [0.15, 0.2) is 59.9 Å². The van der Waals surface area contributed by atoms with E-state index in [1.54, 1.807) is 12.2 Å². The number of allylic oxidation sites excluding steroid dienone is 8. The van der Waals surface area contributed by atoms with E-state index in [0.717, 1.165) is 30.7 Å². The summed E-state index contributed by atoms with van der Waals surface area (Å²) >= 11 is 0. The fourth-order valence-corrected chi connectivity index (χ4v) is 2.81. The second-order valence-corrected chi connectivity index (χ2v) is 6.87. The van der Waals surface area contributed by atoms with Crippen LogP contribution in [-0.2, 0) is 0 Å². The Bertz CT molecular complexity index is 508. The summed E-state index contributed by atoms with van der Waals surface area (Å²) < 4.78 is 12.9. The Morgan fingerprint density at radius 3 is 2.78 bits per heavy atom. The molecule has 0 spiro atoms. The first-order chi connectivity index (χ1) is 10.8. The molecule has 1 aliphatic rings. The molecule has 1 aliphatic carbocycles. The second kappa shape index (κ2) is 9.54. The number of halogens is 1. The summed E-state index contributed by atoms with van der Waals surface area (Å²) in [5.41, 5.74) is 3.70. The third-order valence-electron chi connectivity index (χ3n) is 3.91. The summed E-state index contributed by atoms with van der Waals surface area (Å²) in [7, 11) is 0. The Labute approximate surface area is 141 Å². The van der Waals surface area contributed by atoms with Crippen LogP contribution in [0, 0.1) is 5.41 Å². The highest BCUT2D eigenvalue weighted by molar-refractivity contribution is 5.32. The van der Waals surface area contributed by atoms with E-state index < -0.39 is 6.17 Å². The summed E-state index contributed by atoms with van der Waals surface area (Å²) in [5, 5.41) is 3.38. The molecule has 0 aromatic rings. The minimum Gasteiger partial charge on any atom is -0.385 e. The lowest BCUT2D eigenvalue weighted by Gasteiger charge is -2.36. The number of nitrogens with one attached hydrogen (secondary N) is 1. The van der Waals surface area contributed by atoms with Crippen molar-refractivity contribution in [1.29, 1.82) is 0 Å². The first kappa shape index (κ1) is 19.5. The molecule has 0 amide bonds. The zero-order valence-electron chi connectivity index (χ0n) is 15.2. The van der Waals surface area contributed by atoms with Gasteiger partial charge in [0.05, 0.1) is 0 Å².